The molecule has 10 heteroatoms. The number of thiophene rings is 1. The van der Waals surface area contributed by atoms with Crippen LogP contribution in [0.4, 0.5) is 0 Å². The first-order chi connectivity index (χ1) is 13.4. The average Bonchev–Trinajstić information content (AvgIpc) is 3.29. The van der Waals surface area contributed by atoms with Gasteiger partial charge in [-0.25, -0.2) is 9.59 Å². The van der Waals surface area contributed by atoms with Gasteiger partial charge in [-0.3, -0.25) is 4.90 Å². The molecule has 1 aliphatic rings. The number of carbonyl (C=O) groups is 2. The van der Waals surface area contributed by atoms with Crippen LogP contribution in [0.1, 0.15) is 17.4 Å². The van der Waals surface area contributed by atoms with Gasteiger partial charge in [0.2, 0.25) is 11.7 Å². The molecule has 4 rings (SSSR count). The number of nitrogens with zero attached hydrogens (tertiary/aromatic N) is 3. The van der Waals surface area contributed by atoms with Crippen molar-refractivity contribution in [3.8, 4) is 10.7 Å². The van der Waals surface area contributed by atoms with E-state index in [2.05, 4.69) is 21.1 Å². The van der Waals surface area contributed by atoms with Gasteiger partial charge < -0.3 is 14.7 Å². The molecule has 1 saturated heterocycles. The monoisotopic (exact) mass is 421 g/mol. The van der Waals surface area contributed by atoms with Gasteiger partial charge in [0.25, 0.3) is 0 Å². The van der Waals surface area contributed by atoms with Crippen LogP contribution in [0, 0.1) is 0 Å². The quantitative estimate of drug-likeness (QED) is 0.617. The average molecular weight is 422 g/mol. The van der Waals surface area contributed by atoms with Crippen molar-refractivity contribution in [1.82, 2.24) is 15.0 Å². The van der Waals surface area contributed by atoms with Crippen molar-refractivity contribution >= 4 is 34.9 Å². The number of halogens is 1. The van der Waals surface area contributed by atoms with E-state index in [4.69, 9.17) is 35.9 Å². The molecule has 2 N–H and O–H groups in total. The molecule has 0 radical (unpaired) electrons. The third-order valence-corrected chi connectivity index (χ3v) is 5.07. The zero-order chi connectivity index (χ0) is 20.1. The third-order valence-electron chi connectivity index (χ3n) is 3.97. The number of hydrogen-bond donors (Lipinski definition) is 2. The molecule has 0 atom stereocenters. The Morgan fingerprint density at radius 1 is 1.21 bits per heavy atom. The first-order valence-corrected chi connectivity index (χ1v) is 9.48. The van der Waals surface area contributed by atoms with Gasteiger partial charge in [-0.2, -0.15) is 4.98 Å². The molecule has 0 unspecified atom stereocenters. The third kappa shape index (κ3) is 5.16. The van der Waals surface area contributed by atoms with Crippen molar-refractivity contribution in [2.75, 3.05) is 13.1 Å². The maximum absolute atomic E-state index is 9.10. The van der Waals surface area contributed by atoms with Gasteiger partial charge in [-0.15, -0.1) is 11.3 Å². The molecular weight excluding hydrogens is 406 g/mol. The molecule has 0 spiro atoms. The molecule has 28 heavy (non-hydrogen) atoms. The lowest BCUT2D eigenvalue weighted by Crippen LogP contribution is -2.44. The normalized spacial score (nSPS) is 14.0. The summed E-state index contributed by atoms with van der Waals surface area (Å²) >= 11 is 7.64. The molecule has 1 fully saturated rings. The van der Waals surface area contributed by atoms with Crippen LogP contribution in [0.15, 0.2) is 46.3 Å². The molecule has 1 aliphatic heterocycles. The lowest BCUT2D eigenvalue weighted by atomic mass is 9.99. The molecule has 2 aromatic heterocycles. The second kappa shape index (κ2) is 8.96. The Kier molecular flexibility index (Phi) is 6.40. The maximum atomic E-state index is 9.10. The molecule has 0 amide bonds. The minimum atomic E-state index is -1.82. The van der Waals surface area contributed by atoms with E-state index in [0.29, 0.717) is 11.7 Å². The van der Waals surface area contributed by atoms with Gasteiger partial charge in [-0.1, -0.05) is 35.0 Å². The van der Waals surface area contributed by atoms with E-state index >= 15 is 0 Å². The fraction of sp³-hybridized carbons (Fsp3) is 0.222. The summed E-state index contributed by atoms with van der Waals surface area (Å²) < 4.78 is 5.41. The van der Waals surface area contributed by atoms with Gasteiger partial charge in [-0.05, 0) is 29.1 Å². The second-order valence-corrected chi connectivity index (χ2v) is 7.45. The van der Waals surface area contributed by atoms with Crippen molar-refractivity contribution in [1.29, 1.82) is 0 Å². The SMILES string of the molecule is Clc1cccc(CN2CC(c3nc(-c4cccs4)no3)C2)c1.O=C(O)C(=O)O. The largest absolute Gasteiger partial charge is 0.473 e. The van der Waals surface area contributed by atoms with Gasteiger partial charge >= 0.3 is 11.9 Å². The zero-order valence-corrected chi connectivity index (χ0v) is 16.1. The predicted molar refractivity (Wildman–Crippen MR) is 102 cm³/mol. The number of rotatable bonds is 4. The summed E-state index contributed by atoms with van der Waals surface area (Å²) in [5.41, 5.74) is 1.23. The number of carboxylic acids is 2. The van der Waals surface area contributed by atoms with Crippen LogP contribution in [-0.4, -0.2) is 50.3 Å². The number of benzene rings is 1. The van der Waals surface area contributed by atoms with E-state index < -0.39 is 11.9 Å². The van der Waals surface area contributed by atoms with Crippen LogP contribution in [0.5, 0.6) is 0 Å². The summed E-state index contributed by atoms with van der Waals surface area (Å²) in [6.07, 6.45) is 0. The van der Waals surface area contributed by atoms with Gasteiger partial charge in [0.15, 0.2) is 0 Å². The smallest absolute Gasteiger partial charge is 0.414 e. The van der Waals surface area contributed by atoms with E-state index in [9.17, 15) is 0 Å². The predicted octanol–water partition coefficient (Wildman–Crippen LogP) is 3.21. The lowest BCUT2D eigenvalue weighted by molar-refractivity contribution is -0.159. The Bertz CT molecular complexity index is 942. The van der Waals surface area contributed by atoms with Crippen molar-refractivity contribution < 1.29 is 24.3 Å². The number of hydrogen-bond acceptors (Lipinski definition) is 7. The summed E-state index contributed by atoms with van der Waals surface area (Å²) in [5.74, 6) is -1.88. The Morgan fingerprint density at radius 2 is 1.96 bits per heavy atom. The summed E-state index contributed by atoms with van der Waals surface area (Å²) in [7, 11) is 0. The van der Waals surface area contributed by atoms with Crippen LogP contribution < -0.4 is 0 Å². The topological polar surface area (TPSA) is 117 Å². The maximum Gasteiger partial charge on any atom is 0.414 e. The van der Waals surface area contributed by atoms with Gasteiger partial charge in [0.05, 0.1) is 10.8 Å². The molecule has 0 aliphatic carbocycles. The summed E-state index contributed by atoms with van der Waals surface area (Å²) in [6, 6.07) is 12.0. The highest BCUT2D eigenvalue weighted by Crippen LogP contribution is 2.30. The van der Waals surface area contributed by atoms with Crippen LogP contribution >= 0.6 is 22.9 Å². The highest BCUT2D eigenvalue weighted by molar-refractivity contribution is 7.13. The first kappa shape index (κ1) is 20.0. The Balaban J connectivity index is 0.000000330. The lowest BCUT2D eigenvalue weighted by Gasteiger charge is -2.37. The summed E-state index contributed by atoms with van der Waals surface area (Å²) in [5, 5.41) is 21.7. The highest BCUT2D eigenvalue weighted by Gasteiger charge is 2.32. The second-order valence-electron chi connectivity index (χ2n) is 6.06. The van der Waals surface area contributed by atoms with Crippen molar-refractivity contribution in [2.24, 2.45) is 0 Å². The molecule has 8 nitrogen and oxygen atoms in total. The minimum Gasteiger partial charge on any atom is -0.473 e. The first-order valence-electron chi connectivity index (χ1n) is 8.23. The van der Waals surface area contributed by atoms with Crippen LogP contribution in [0.2, 0.25) is 5.02 Å². The summed E-state index contributed by atoms with van der Waals surface area (Å²) in [4.78, 5) is 26.1. The highest BCUT2D eigenvalue weighted by atomic mass is 35.5. The number of aromatic nitrogens is 2. The van der Waals surface area contributed by atoms with Crippen LogP contribution in [0.25, 0.3) is 10.7 Å². The molecule has 3 aromatic rings. The number of likely N-dealkylation sites (tertiary alicyclic amines) is 1. The van der Waals surface area contributed by atoms with E-state index in [1.807, 2.05) is 35.7 Å². The molecule has 0 bridgehead atoms. The van der Waals surface area contributed by atoms with Crippen molar-refractivity contribution in [2.45, 2.75) is 12.5 Å². The van der Waals surface area contributed by atoms with Crippen LogP contribution in [-0.2, 0) is 16.1 Å². The number of aliphatic carboxylic acids is 2. The Hall–Kier alpha value is -2.75. The summed E-state index contributed by atoms with van der Waals surface area (Å²) in [6.45, 7) is 2.79. The minimum absolute atomic E-state index is 0.334. The molecule has 3 heterocycles. The molecule has 1 aromatic carbocycles. The van der Waals surface area contributed by atoms with Crippen molar-refractivity contribution in [3.63, 3.8) is 0 Å². The number of carboxylic acid groups (broad SMARTS) is 2. The Morgan fingerprint density at radius 3 is 2.57 bits per heavy atom. The molecular formula is C18H16ClN3O5S. The fourth-order valence-electron chi connectivity index (χ4n) is 2.66. The zero-order valence-electron chi connectivity index (χ0n) is 14.5. The molecule has 146 valence electrons. The van der Waals surface area contributed by atoms with Crippen molar-refractivity contribution in [3.05, 3.63) is 58.3 Å². The van der Waals surface area contributed by atoms with Crippen LogP contribution in [0.3, 0.4) is 0 Å². The van der Waals surface area contributed by atoms with E-state index in [1.165, 1.54) is 5.56 Å². The van der Waals surface area contributed by atoms with E-state index in [0.717, 1.165) is 35.4 Å². The van der Waals surface area contributed by atoms with E-state index in [-0.39, 0.29) is 0 Å². The Labute approximate surface area is 169 Å². The van der Waals surface area contributed by atoms with Gasteiger partial charge in [0, 0.05) is 24.7 Å². The standard InChI is InChI=1S/C16H14ClN3OS.C2H2O4/c17-13-4-1-3-11(7-13)8-20-9-12(10-20)16-18-15(19-21-16)14-5-2-6-22-14;3-1(4)2(5)6/h1-7,12H,8-10H2;(H,3,4)(H,5,6). The van der Waals surface area contributed by atoms with E-state index in [1.54, 1.807) is 11.3 Å². The fourth-order valence-corrected chi connectivity index (χ4v) is 3.52. The molecule has 0 saturated carbocycles. The van der Waals surface area contributed by atoms with Gasteiger partial charge in [0.1, 0.15) is 0 Å².